The van der Waals surface area contributed by atoms with E-state index in [2.05, 4.69) is 26.1 Å². The zero-order chi connectivity index (χ0) is 14.8. The highest BCUT2D eigenvalue weighted by atomic mass is 16.1. The molecule has 0 spiro atoms. The first kappa shape index (κ1) is 16.9. The molecule has 0 saturated heterocycles. The Morgan fingerprint density at radius 2 is 1.70 bits per heavy atom. The van der Waals surface area contributed by atoms with Gasteiger partial charge in [0.05, 0.1) is 6.54 Å². The Labute approximate surface area is 124 Å². The number of unbranched alkanes of at least 4 members (excludes halogenated alkanes) is 4. The van der Waals surface area contributed by atoms with E-state index in [1.54, 1.807) is 0 Å². The average molecular weight is 275 g/mol. The summed E-state index contributed by atoms with van der Waals surface area (Å²) in [5, 5.41) is 3.40. The highest BCUT2D eigenvalue weighted by Crippen LogP contribution is 2.15. The topological polar surface area (TPSA) is 29.1 Å². The molecule has 0 saturated carbocycles. The first-order valence-corrected chi connectivity index (χ1v) is 7.88. The summed E-state index contributed by atoms with van der Waals surface area (Å²) in [6.07, 6.45) is 7.60. The van der Waals surface area contributed by atoms with Crippen molar-refractivity contribution < 1.29 is 4.79 Å². The van der Waals surface area contributed by atoms with E-state index < -0.39 is 0 Å². The van der Waals surface area contributed by atoms with Crippen LogP contribution in [0.4, 0.5) is 0 Å². The molecule has 0 fully saturated rings. The minimum atomic E-state index is 0.0383. The SMILES string of the molecule is CCCCCCCC(C)(C)NCC(=O)c1ccccc1. The van der Waals surface area contributed by atoms with Gasteiger partial charge in [0.25, 0.3) is 0 Å². The van der Waals surface area contributed by atoms with Gasteiger partial charge < -0.3 is 5.32 Å². The summed E-state index contributed by atoms with van der Waals surface area (Å²) in [6.45, 7) is 7.03. The van der Waals surface area contributed by atoms with Gasteiger partial charge in [0.1, 0.15) is 0 Å². The number of nitrogens with one attached hydrogen (secondary N) is 1. The van der Waals surface area contributed by atoms with E-state index >= 15 is 0 Å². The van der Waals surface area contributed by atoms with Gasteiger partial charge in [-0.1, -0.05) is 69.4 Å². The number of Topliss-reactive ketones (excluding diaryl/α,β-unsaturated/α-hetero) is 1. The maximum absolute atomic E-state index is 12.0. The molecule has 2 nitrogen and oxygen atoms in total. The predicted octanol–water partition coefficient (Wildman–Crippen LogP) is 4.60. The maximum Gasteiger partial charge on any atom is 0.176 e. The molecule has 0 bridgehead atoms. The number of rotatable bonds is 10. The molecule has 0 unspecified atom stereocenters. The fourth-order valence-electron chi connectivity index (χ4n) is 2.30. The maximum atomic E-state index is 12.0. The lowest BCUT2D eigenvalue weighted by molar-refractivity contribution is 0.0979. The van der Waals surface area contributed by atoms with Crippen LogP contribution in [0.25, 0.3) is 0 Å². The molecule has 112 valence electrons. The van der Waals surface area contributed by atoms with E-state index in [1.807, 2.05) is 30.3 Å². The predicted molar refractivity (Wildman–Crippen MR) is 86.2 cm³/mol. The Morgan fingerprint density at radius 1 is 1.05 bits per heavy atom. The summed E-state index contributed by atoms with van der Waals surface area (Å²) in [7, 11) is 0. The number of ketones is 1. The number of carbonyl (C=O) groups excluding carboxylic acids is 1. The Balaban J connectivity index is 2.26. The van der Waals surface area contributed by atoms with E-state index in [1.165, 1.54) is 32.1 Å². The molecule has 0 amide bonds. The van der Waals surface area contributed by atoms with Gasteiger partial charge in [-0.15, -0.1) is 0 Å². The molecule has 0 radical (unpaired) electrons. The van der Waals surface area contributed by atoms with E-state index in [4.69, 9.17) is 0 Å². The third-order valence-electron chi connectivity index (χ3n) is 3.73. The van der Waals surface area contributed by atoms with E-state index in [-0.39, 0.29) is 11.3 Å². The zero-order valence-corrected chi connectivity index (χ0v) is 13.2. The third kappa shape index (κ3) is 6.85. The van der Waals surface area contributed by atoms with Gasteiger partial charge >= 0.3 is 0 Å². The van der Waals surface area contributed by atoms with Gasteiger partial charge in [-0.3, -0.25) is 4.79 Å². The fourth-order valence-corrected chi connectivity index (χ4v) is 2.30. The normalized spacial score (nSPS) is 11.6. The first-order valence-electron chi connectivity index (χ1n) is 7.88. The van der Waals surface area contributed by atoms with Crippen LogP contribution in [0.2, 0.25) is 0 Å². The first-order chi connectivity index (χ1) is 9.55. The van der Waals surface area contributed by atoms with Crippen molar-refractivity contribution in [2.75, 3.05) is 6.54 Å². The Bertz CT molecular complexity index is 384. The van der Waals surface area contributed by atoms with Crippen molar-refractivity contribution in [2.45, 2.75) is 64.8 Å². The Kier molecular flexibility index (Phi) is 7.53. The minimum Gasteiger partial charge on any atom is -0.305 e. The zero-order valence-electron chi connectivity index (χ0n) is 13.2. The van der Waals surface area contributed by atoms with Gasteiger partial charge in [-0.05, 0) is 20.3 Å². The van der Waals surface area contributed by atoms with Gasteiger partial charge in [0, 0.05) is 11.1 Å². The van der Waals surface area contributed by atoms with Crippen LogP contribution in [0.3, 0.4) is 0 Å². The highest BCUT2D eigenvalue weighted by Gasteiger charge is 2.18. The largest absolute Gasteiger partial charge is 0.305 e. The lowest BCUT2D eigenvalue weighted by Crippen LogP contribution is -2.42. The summed E-state index contributed by atoms with van der Waals surface area (Å²) in [6, 6.07) is 9.51. The molecule has 0 aliphatic carbocycles. The summed E-state index contributed by atoms with van der Waals surface area (Å²) in [5.41, 5.74) is 0.829. The van der Waals surface area contributed by atoms with E-state index in [0.29, 0.717) is 6.54 Å². The summed E-state index contributed by atoms with van der Waals surface area (Å²) in [4.78, 5) is 12.0. The van der Waals surface area contributed by atoms with Crippen molar-refractivity contribution in [3.05, 3.63) is 35.9 Å². The summed E-state index contributed by atoms with van der Waals surface area (Å²) >= 11 is 0. The van der Waals surface area contributed by atoms with Crippen LogP contribution >= 0.6 is 0 Å². The van der Waals surface area contributed by atoms with Crippen LogP contribution in [0, 0.1) is 0 Å². The van der Waals surface area contributed by atoms with Crippen molar-refractivity contribution >= 4 is 5.78 Å². The van der Waals surface area contributed by atoms with Gasteiger partial charge in [0.15, 0.2) is 5.78 Å². The van der Waals surface area contributed by atoms with Crippen LogP contribution in [0.15, 0.2) is 30.3 Å². The van der Waals surface area contributed by atoms with Crippen molar-refractivity contribution in [3.63, 3.8) is 0 Å². The fraction of sp³-hybridized carbons (Fsp3) is 0.611. The molecular weight excluding hydrogens is 246 g/mol. The molecule has 2 heteroatoms. The molecule has 0 aliphatic rings. The Morgan fingerprint density at radius 3 is 2.35 bits per heavy atom. The molecule has 0 aromatic heterocycles. The summed E-state index contributed by atoms with van der Waals surface area (Å²) in [5.74, 6) is 0.171. The molecule has 1 N–H and O–H groups in total. The molecule has 1 aromatic rings. The molecule has 0 atom stereocenters. The van der Waals surface area contributed by atoms with Crippen LogP contribution in [0.5, 0.6) is 0 Å². The third-order valence-corrected chi connectivity index (χ3v) is 3.73. The average Bonchev–Trinajstić information content (AvgIpc) is 2.45. The van der Waals surface area contributed by atoms with Crippen LogP contribution in [-0.4, -0.2) is 17.9 Å². The number of carbonyl (C=O) groups is 1. The molecule has 0 heterocycles. The number of hydrogen-bond acceptors (Lipinski definition) is 2. The standard InChI is InChI=1S/C18H29NO/c1-4-5-6-7-11-14-18(2,3)19-15-17(20)16-12-9-8-10-13-16/h8-10,12-13,19H,4-7,11,14-15H2,1-3H3. The van der Waals surface area contributed by atoms with Gasteiger partial charge in [-0.2, -0.15) is 0 Å². The minimum absolute atomic E-state index is 0.0383. The second-order valence-corrected chi connectivity index (χ2v) is 6.19. The molecular formula is C18H29NO. The van der Waals surface area contributed by atoms with Crippen molar-refractivity contribution in [1.82, 2.24) is 5.32 Å². The summed E-state index contributed by atoms with van der Waals surface area (Å²) < 4.78 is 0. The van der Waals surface area contributed by atoms with E-state index in [0.717, 1.165) is 12.0 Å². The number of benzene rings is 1. The quantitative estimate of drug-likeness (QED) is 0.499. The van der Waals surface area contributed by atoms with Gasteiger partial charge in [0.2, 0.25) is 0 Å². The van der Waals surface area contributed by atoms with Crippen LogP contribution in [0.1, 0.15) is 69.7 Å². The highest BCUT2D eigenvalue weighted by molar-refractivity contribution is 5.97. The van der Waals surface area contributed by atoms with Crippen LogP contribution < -0.4 is 5.32 Å². The second kappa shape index (κ2) is 8.91. The van der Waals surface area contributed by atoms with Crippen molar-refractivity contribution in [2.24, 2.45) is 0 Å². The van der Waals surface area contributed by atoms with Crippen molar-refractivity contribution in [1.29, 1.82) is 0 Å². The lowest BCUT2D eigenvalue weighted by Gasteiger charge is -2.26. The molecule has 1 rings (SSSR count). The molecule has 0 aliphatic heterocycles. The van der Waals surface area contributed by atoms with E-state index in [9.17, 15) is 4.79 Å². The Hall–Kier alpha value is -1.15. The lowest BCUT2D eigenvalue weighted by atomic mass is 9.95. The van der Waals surface area contributed by atoms with Gasteiger partial charge in [-0.25, -0.2) is 0 Å². The van der Waals surface area contributed by atoms with Crippen molar-refractivity contribution in [3.8, 4) is 0 Å². The number of hydrogen-bond donors (Lipinski definition) is 1. The molecule has 1 aromatic carbocycles. The monoisotopic (exact) mass is 275 g/mol. The second-order valence-electron chi connectivity index (χ2n) is 6.19. The molecule has 20 heavy (non-hydrogen) atoms. The smallest absolute Gasteiger partial charge is 0.176 e. The van der Waals surface area contributed by atoms with Crippen LogP contribution in [-0.2, 0) is 0 Å².